The van der Waals surface area contributed by atoms with Crippen LogP contribution in [0.25, 0.3) is 21.9 Å². The van der Waals surface area contributed by atoms with Crippen molar-refractivity contribution in [1.82, 2.24) is 46.7 Å². The van der Waals surface area contributed by atoms with Gasteiger partial charge in [-0.25, -0.2) is 9.99 Å². The monoisotopic (exact) mass is 857 g/mol. The minimum Gasteiger partial charge on any atom is -0.496 e. The van der Waals surface area contributed by atoms with Crippen LogP contribution in [0.1, 0.15) is 79.0 Å². The van der Waals surface area contributed by atoms with Crippen LogP contribution in [0, 0.1) is 29.2 Å². The number of nitriles is 1. The fourth-order valence-electron chi connectivity index (χ4n) is 8.28. The first-order chi connectivity index (χ1) is 30.3. The Morgan fingerprint density at radius 2 is 1.56 bits per heavy atom. The summed E-state index contributed by atoms with van der Waals surface area (Å²) in [5, 5.41) is 26.1. The predicted molar refractivity (Wildman–Crippen MR) is 233 cm³/mol. The molecule has 63 heavy (non-hydrogen) atoms. The maximum atomic E-state index is 14.2. The Morgan fingerprint density at radius 1 is 0.857 bits per heavy atom. The zero-order valence-electron chi connectivity index (χ0n) is 35.4. The largest absolute Gasteiger partial charge is 0.496 e. The number of aromatic amines is 2. The van der Waals surface area contributed by atoms with Crippen molar-refractivity contribution in [2.45, 2.75) is 70.5 Å². The molecule has 7 unspecified atom stereocenters. The Bertz CT molecular complexity index is 2550. The van der Waals surface area contributed by atoms with E-state index in [4.69, 9.17) is 4.74 Å². The molecule has 3 aromatic carbocycles. The van der Waals surface area contributed by atoms with E-state index in [0.717, 1.165) is 5.01 Å². The van der Waals surface area contributed by atoms with Gasteiger partial charge in [0.25, 0.3) is 17.7 Å². The molecule has 1 saturated heterocycles. The second-order valence-corrected chi connectivity index (χ2v) is 16.4. The average molecular weight is 858 g/mol. The molecule has 4 heterocycles. The van der Waals surface area contributed by atoms with Crippen molar-refractivity contribution in [3.05, 3.63) is 89.9 Å². The van der Waals surface area contributed by atoms with Crippen LogP contribution in [0.4, 0.5) is 5.69 Å². The molecule has 2 aromatic heterocycles. The van der Waals surface area contributed by atoms with E-state index >= 15 is 0 Å². The molecule has 8 N–H and O–H groups in total. The predicted octanol–water partition coefficient (Wildman–Crippen LogP) is 3.58. The van der Waals surface area contributed by atoms with Gasteiger partial charge in [-0.05, 0) is 86.4 Å². The molecule has 2 aliphatic heterocycles. The number of benzene rings is 3. The lowest BCUT2D eigenvalue weighted by atomic mass is 9.84. The number of ether oxygens (including phenoxy) is 1. The number of carbonyl (C=O) groups excluding carboxylic acids is 6. The van der Waals surface area contributed by atoms with Crippen LogP contribution >= 0.6 is 0 Å². The number of fused-ring (bicyclic) bond motifs is 3. The summed E-state index contributed by atoms with van der Waals surface area (Å²) in [5.74, 6) is -3.86. The van der Waals surface area contributed by atoms with Gasteiger partial charge in [0.15, 0.2) is 12.0 Å². The Labute approximate surface area is 363 Å². The van der Waals surface area contributed by atoms with E-state index in [9.17, 15) is 34.0 Å². The fraction of sp³-hybridized carbons (Fsp3) is 0.378. The van der Waals surface area contributed by atoms with E-state index in [-0.39, 0.29) is 66.5 Å². The second kappa shape index (κ2) is 19.1. The summed E-state index contributed by atoms with van der Waals surface area (Å²) in [5.41, 5.74) is 5.95. The van der Waals surface area contributed by atoms with Crippen LogP contribution in [-0.2, 0) is 19.2 Å². The number of aromatic nitrogens is 3. The maximum absolute atomic E-state index is 14.2. The highest BCUT2D eigenvalue weighted by molar-refractivity contribution is 6.03. The quantitative estimate of drug-likeness (QED) is 0.0361. The molecule has 18 nitrogen and oxygen atoms in total. The van der Waals surface area contributed by atoms with Crippen LogP contribution in [0.15, 0.2) is 72.8 Å². The molecule has 5 aromatic rings. The van der Waals surface area contributed by atoms with Crippen molar-refractivity contribution in [3.63, 3.8) is 0 Å². The highest BCUT2D eigenvalue weighted by Crippen LogP contribution is 2.33. The molecule has 1 fully saturated rings. The highest BCUT2D eigenvalue weighted by atomic mass is 16.5. The number of hydrogen-bond donors (Lipinski definition) is 8. The summed E-state index contributed by atoms with van der Waals surface area (Å²) in [6.07, 6.45) is 3.21. The molecule has 0 spiro atoms. The third-order valence-electron chi connectivity index (χ3n) is 12.0. The Morgan fingerprint density at radius 3 is 2.27 bits per heavy atom. The lowest BCUT2D eigenvalue weighted by molar-refractivity contribution is -0.128. The molecule has 0 radical (unpaired) electrons. The van der Waals surface area contributed by atoms with Gasteiger partial charge in [0.05, 0.1) is 30.6 Å². The molecule has 18 heteroatoms. The van der Waals surface area contributed by atoms with E-state index in [0.29, 0.717) is 58.3 Å². The molecule has 7 rings (SSSR count). The third kappa shape index (κ3) is 10.0. The SMILES string of the molecule is COc1cccc2[nH]c(C(=O)NC(CC(C)C(C)CC(NC(=O)c3nc4ccccc4[nH]3)C(=O)NC(C)CC3CCNC3=O)C(=O)NN(C#N)CC3C(=O)Nc4ccccc43)cc12. The summed E-state index contributed by atoms with van der Waals surface area (Å²) in [6.45, 7) is 5.97. The van der Waals surface area contributed by atoms with Gasteiger partial charge in [0.1, 0.15) is 23.5 Å². The lowest BCUT2D eigenvalue weighted by Gasteiger charge is -2.30. The Kier molecular flexibility index (Phi) is 13.2. The number of methoxy groups -OCH3 is 1. The van der Waals surface area contributed by atoms with Gasteiger partial charge in [0, 0.05) is 35.1 Å². The van der Waals surface area contributed by atoms with E-state index in [1.165, 1.54) is 7.11 Å². The van der Waals surface area contributed by atoms with Gasteiger partial charge in [-0.1, -0.05) is 50.2 Å². The van der Waals surface area contributed by atoms with Gasteiger partial charge in [-0.2, -0.15) is 5.26 Å². The van der Waals surface area contributed by atoms with E-state index in [2.05, 4.69) is 47.0 Å². The van der Waals surface area contributed by atoms with Crippen molar-refractivity contribution >= 4 is 63.1 Å². The van der Waals surface area contributed by atoms with Gasteiger partial charge >= 0.3 is 0 Å². The average Bonchev–Trinajstić information content (AvgIpc) is 4.07. The van der Waals surface area contributed by atoms with Crippen molar-refractivity contribution in [2.24, 2.45) is 17.8 Å². The Hall–Kier alpha value is -7.42. The van der Waals surface area contributed by atoms with Gasteiger partial charge in [-0.3, -0.25) is 34.2 Å². The van der Waals surface area contributed by atoms with Crippen LogP contribution < -0.4 is 36.7 Å². The molecular formula is C45H51N11O7. The minimum atomic E-state index is -1.21. The summed E-state index contributed by atoms with van der Waals surface area (Å²) in [4.78, 5) is 91.4. The number of para-hydroxylation sites is 3. The molecular weight excluding hydrogens is 807 g/mol. The van der Waals surface area contributed by atoms with Gasteiger partial charge in [-0.15, -0.1) is 0 Å². The molecule has 0 aliphatic carbocycles. The van der Waals surface area contributed by atoms with Crippen molar-refractivity contribution in [1.29, 1.82) is 5.26 Å². The van der Waals surface area contributed by atoms with Crippen molar-refractivity contribution < 1.29 is 33.5 Å². The first-order valence-corrected chi connectivity index (χ1v) is 21.0. The van der Waals surface area contributed by atoms with Crippen LogP contribution in [-0.4, -0.2) is 93.7 Å². The molecule has 7 atom stereocenters. The van der Waals surface area contributed by atoms with Gasteiger partial charge in [0.2, 0.25) is 17.7 Å². The third-order valence-corrected chi connectivity index (χ3v) is 12.0. The standard InChI is InChI=1S/C45H51N11O7/c1-24(18-35(42(59)48-26(3)20-27-16-17-47-40(27)57)54-45(62)39-50-33-12-7-8-13-34(33)51-39)25(2)19-36(53-43(60)37-21-29-32(49-37)14-9-15-38(29)63-4)44(61)55-56(23-46)22-30-28-10-5-6-11-31(28)52-41(30)58/h5-15,21,24-27,30,35-36,49H,16-20,22H2,1-4H3,(H,47,57)(H,48,59)(H,50,51)(H,52,58)(H,53,60)(H,54,62)(H,55,61). The number of nitrogens with zero attached hydrogens (tertiary/aromatic N) is 3. The van der Waals surface area contributed by atoms with E-state index < -0.39 is 41.6 Å². The van der Waals surface area contributed by atoms with Crippen LogP contribution in [0.2, 0.25) is 0 Å². The first-order valence-electron chi connectivity index (χ1n) is 21.0. The zero-order chi connectivity index (χ0) is 44.8. The highest BCUT2D eigenvalue weighted by Gasteiger charge is 2.35. The number of hydrogen-bond acceptors (Lipinski definition) is 10. The molecule has 6 amide bonds. The number of amides is 6. The molecule has 328 valence electrons. The lowest BCUT2D eigenvalue weighted by Crippen LogP contribution is -2.53. The molecule has 2 aliphatic rings. The molecule has 0 saturated carbocycles. The Balaban J connectivity index is 1.09. The number of rotatable bonds is 18. The minimum absolute atomic E-state index is 0.0278. The normalized spacial score (nSPS) is 17.9. The van der Waals surface area contributed by atoms with Crippen molar-refractivity contribution in [3.8, 4) is 11.9 Å². The number of anilines is 1. The van der Waals surface area contributed by atoms with Gasteiger partial charge < -0.3 is 41.3 Å². The summed E-state index contributed by atoms with van der Waals surface area (Å²) in [7, 11) is 1.52. The number of carbonyl (C=O) groups is 6. The van der Waals surface area contributed by atoms with Crippen molar-refractivity contribution in [2.75, 3.05) is 25.5 Å². The topological polar surface area (TPSA) is 255 Å². The van der Waals surface area contributed by atoms with Crippen LogP contribution in [0.3, 0.4) is 0 Å². The zero-order valence-corrected chi connectivity index (χ0v) is 35.4. The number of H-pyrrole nitrogens is 2. The number of nitrogens with one attached hydrogen (secondary N) is 8. The molecule has 0 bridgehead atoms. The van der Waals surface area contributed by atoms with Crippen LogP contribution in [0.5, 0.6) is 5.75 Å². The number of hydrazine groups is 1. The summed E-state index contributed by atoms with van der Waals surface area (Å²) < 4.78 is 5.47. The van der Waals surface area contributed by atoms with E-state index in [1.807, 2.05) is 33.0 Å². The first kappa shape index (κ1) is 43.7. The summed E-state index contributed by atoms with van der Waals surface area (Å²) >= 11 is 0. The maximum Gasteiger partial charge on any atom is 0.287 e. The van der Waals surface area contributed by atoms with E-state index in [1.54, 1.807) is 66.7 Å². The fourth-order valence-corrected chi connectivity index (χ4v) is 8.28. The number of imidazole rings is 1. The summed E-state index contributed by atoms with van der Waals surface area (Å²) in [6, 6.07) is 18.6. The smallest absolute Gasteiger partial charge is 0.287 e. The second-order valence-electron chi connectivity index (χ2n) is 16.4.